The van der Waals surface area contributed by atoms with Gasteiger partial charge in [0, 0.05) is 11.8 Å². The number of piperidine rings is 1. The highest BCUT2D eigenvalue weighted by atomic mass is 32.2. The molecule has 3 nitrogen and oxygen atoms in total. The second kappa shape index (κ2) is 5.56. The molecule has 0 spiro atoms. The largest absolute Gasteiger partial charge is 0.440 e. The summed E-state index contributed by atoms with van der Waals surface area (Å²) in [6.07, 6.45) is 8.68. The fourth-order valence-corrected chi connectivity index (χ4v) is 2.90. The minimum Gasteiger partial charge on any atom is -0.440 e. The maximum atomic E-state index is 5.19. The molecular formula is C11H18N2OS. The van der Waals surface area contributed by atoms with Gasteiger partial charge in [0.25, 0.3) is 5.22 Å². The molecule has 0 aliphatic carbocycles. The van der Waals surface area contributed by atoms with Crippen LogP contribution in [-0.2, 0) is 0 Å². The van der Waals surface area contributed by atoms with E-state index in [1.165, 1.54) is 32.2 Å². The highest BCUT2D eigenvalue weighted by Gasteiger charge is 2.18. The smallest absolute Gasteiger partial charge is 0.255 e. The third-order valence-corrected chi connectivity index (χ3v) is 3.90. The standard InChI is InChI=1S/C11H18N2OS/c1-13-7-3-2-4-10(13)5-9-15-11-12-6-8-14-11/h6,8,10H,2-5,7,9H2,1H3/t10-/m0/s1. The van der Waals surface area contributed by atoms with Gasteiger partial charge in [-0.05, 0) is 32.9 Å². The van der Waals surface area contributed by atoms with Crippen LogP contribution in [0.5, 0.6) is 0 Å². The predicted molar refractivity (Wildman–Crippen MR) is 62.1 cm³/mol. The number of likely N-dealkylation sites (tertiary alicyclic amines) is 1. The Hall–Kier alpha value is -0.480. The van der Waals surface area contributed by atoms with Gasteiger partial charge in [0.05, 0.1) is 6.20 Å². The zero-order chi connectivity index (χ0) is 10.5. The van der Waals surface area contributed by atoms with Gasteiger partial charge in [-0.25, -0.2) is 4.98 Å². The molecule has 1 aromatic rings. The summed E-state index contributed by atoms with van der Waals surface area (Å²) in [5.41, 5.74) is 0. The molecule has 2 rings (SSSR count). The highest BCUT2D eigenvalue weighted by molar-refractivity contribution is 7.99. The van der Waals surface area contributed by atoms with Crippen LogP contribution in [0.1, 0.15) is 25.7 Å². The van der Waals surface area contributed by atoms with E-state index in [0.29, 0.717) is 0 Å². The van der Waals surface area contributed by atoms with E-state index in [1.807, 2.05) is 0 Å². The monoisotopic (exact) mass is 226 g/mol. The molecule has 1 aromatic heterocycles. The van der Waals surface area contributed by atoms with Crippen molar-refractivity contribution in [3.63, 3.8) is 0 Å². The molecule has 0 aromatic carbocycles. The molecule has 1 fully saturated rings. The lowest BCUT2D eigenvalue weighted by Gasteiger charge is -2.32. The first-order chi connectivity index (χ1) is 7.36. The van der Waals surface area contributed by atoms with E-state index in [-0.39, 0.29) is 0 Å². The first-order valence-corrected chi connectivity index (χ1v) is 6.57. The molecule has 1 saturated heterocycles. The Bertz CT molecular complexity index is 276. The van der Waals surface area contributed by atoms with Crippen LogP contribution >= 0.6 is 11.8 Å². The van der Waals surface area contributed by atoms with Crippen LogP contribution < -0.4 is 0 Å². The SMILES string of the molecule is CN1CCCC[C@H]1CCSc1ncco1. The molecule has 0 amide bonds. The van der Waals surface area contributed by atoms with Crippen LogP contribution in [0.4, 0.5) is 0 Å². The molecule has 84 valence electrons. The average Bonchev–Trinajstić information content (AvgIpc) is 2.74. The highest BCUT2D eigenvalue weighted by Crippen LogP contribution is 2.22. The zero-order valence-corrected chi connectivity index (χ0v) is 10.0. The Kier molecular flexibility index (Phi) is 4.09. The van der Waals surface area contributed by atoms with Gasteiger partial charge in [0.1, 0.15) is 6.26 Å². The number of thioether (sulfide) groups is 1. The van der Waals surface area contributed by atoms with Crippen molar-refractivity contribution in [2.75, 3.05) is 19.3 Å². The Morgan fingerprint density at radius 3 is 3.27 bits per heavy atom. The Labute approximate surface area is 95.2 Å². The number of aromatic nitrogens is 1. The lowest BCUT2D eigenvalue weighted by Crippen LogP contribution is -2.36. The van der Waals surface area contributed by atoms with Crippen LogP contribution in [-0.4, -0.2) is 35.3 Å². The van der Waals surface area contributed by atoms with E-state index in [4.69, 9.17) is 4.42 Å². The second-order valence-electron chi connectivity index (χ2n) is 4.07. The molecule has 4 heteroatoms. The van der Waals surface area contributed by atoms with Crippen molar-refractivity contribution in [3.05, 3.63) is 12.5 Å². The molecule has 0 radical (unpaired) electrons. The molecule has 15 heavy (non-hydrogen) atoms. The number of hydrogen-bond acceptors (Lipinski definition) is 4. The van der Waals surface area contributed by atoms with Crippen LogP contribution in [0.2, 0.25) is 0 Å². The van der Waals surface area contributed by atoms with E-state index in [2.05, 4.69) is 16.9 Å². The number of hydrogen-bond donors (Lipinski definition) is 0. The minimum absolute atomic E-state index is 0.765. The van der Waals surface area contributed by atoms with Crippen LogP contribution in [0, 0.1) is 0 Å². The van der Waals surface area contributed by atoms with Crippen molar-refractivity contribution >= 4 is 11.8 Å². The molecule has 0 bridgehead atoms. The van der Waals surface area contributed by atoms with E-state index >= 15 is 0 Å². The van der Waals surface area contributed by atoms with Gasteiger partial charge >= 0.3 is 0 Å². The summed E-state index contributed by atoms with van der Waals surface area (Å²) in [7, 11) is 2.24. The van der Waals surface area contributed by atoms with Crippen molar-refractivity contribution in [2.24, 2.45) is 0 Å². The van der Waals surface area contributed by atoms with E-state index in [0.717, 1.165) is 17.0 Å². The van der Waals surface area contributed by atoms with Crippen molar-refractivity contribution in [3.8, 4) is 0 Å². The third kappa shape index (κ3) is 3.24. The lowest BCUT2D eigenvalue weighted by molar-refractivity contribution is 0.182. The van der Waals surface area contributed by atoms with Crippen LogP contribution in [0.25, 0.3) is 0 Å². The van der Waals surface area contributed by atoms with Crippen molar-refractivity contribution in [2.45, 2.75) is 36.9 Å². The van der Waals surface area contributed by atoms with Crippen molar-refractivity contribution in [1.29, 1.82) is 0 Å². The topological polar surface area (TPSA) is 29.3 Å². The first kappa shape index (κ1) is 11.0. The summed E-state index contributed by atoms with van der Waals surface area (Å²) in [5.74, 6) is 1.11. The maximum Gasteiger partial charge on any atom is 0.255 e. The van der Waals surface area contributed by atoms with Crippen LogP contribution in [0.3, 0.4) is 0 Å². The van der Waals surface area contributed by atoms with E-state index in [9.17, 15) is 0 Å². The molecule has 1 aliphatic rings. The van der Waals surface area contributed by atoms with Crippen molar-refractivity contribution < 1.29 is 4.42 Å². The van der Waals surface area contributed by atoms with Crippen LogP contribution in [0.15, 0.2) is 22.1 Å². The van der Waals surface area contributed by atoms with E-state index < -0.39 is 0 Å². The Morgan fingerprint density at radius 1 is 1.60 bits per heavy atom. The number of nitrogens with zero attached hydrogens (tertiary/aromatic N) is 2. The molecular weight excluding hydrogens is 208 g/mol. The maximum absolute atomic E-state index is 5.19. The number of rotatable bonds is 4. The summed E-state index contributed by atoms with van der Waals surface area (Å²) in [4.78, 5) is 6.59. The summed E-state index contributed by atoms with van der Waals surface area (Å²) in [5, 5.41) is 0.800. The fourth-order valence-electron chi connectivity index (χ4n) is 2.07. The van der Waals surface area contributed by atoms with Gasteiger partial charge in [-0.2, -0.15) is 0 Å². The molecule has 0 unspecified atom stereocenters. The Morgan fingerprint density at radius 2 is 2.53 bits per heavy atom. The third-order valence-electron chi connectivity index (χ3n) is 3.01. The molecule has 1 atom stereocenters. The van der Waals surface area contributed by atoms with Gasteiger partial charge in [-0.1, -0.05) is 18.2 Å². The number of oxazole rings is 1. The van der Waals surface area contributed by atoms with Crippen molar-refractivity contribution in [1.82, 2.24) is 9.88 Å². The summed E-state index contributed by atoms with van der Waals surface area (Å²) >= 11 is 1.72. The van der Waals surface area contributed by atoms with Gasteiger partial charge in [-0.3, -0.25) is 0 Å². The average molecular weight is 226 g/mol. The summed E-state index contributed by atoms with van der Waals surface area (Å²) < 4.78 is 5.19. The zero-order valence-electron chi connectivity index (χ0n) is 9.19. The minimum atomic E-state index is 0.765. The van der Waals surface area contributed by atoms with Gasteiger partial charge in [-0.15, -0.1) is 0 Å². The quantitative estimate of drug-likeness (QED) is 0.738. The second-order valence-corrected chi connectivity index (χ2v) is 5.11. The normalized spacial score (nSPS) is 23.1. The molecule has 1 aliphatic heterocycles. The fraction of sp³-hybridized carbons (Fsp3) is 0.727. The van der Waals surface area contributed by atoms with E-state index in [1.54, 1.807) is 24.2 Å². The first-order valence-electron chi connectivity index (χ1n) is 5.59. The van der Waals surface area contributed by atoms with Gasteiger partial charge in [0.2, 0.25) is 0 Å². The van der Waals surface area contributed by atoms with Gasteiger partial charge < -0.3 is 9.32 Å². The molecule has 0 saturated carbocycles. The summed E-state index contributed by atoms with van der Waals surface area (Å²) in [6.45, 7) is 1.26. The summed E-state index contributed by atoms with van der Waals surface area (Å²) in [6, 6.07) is 0.765. The Balaban J connectivity index is 1.68. The predicted octanol–water partition coefficient (Wildman–Crippen LogP) is 2.64. The lowest BCUT2D eigenvalue weighted by atomic mass is 10.0. The molecule has 0 N–H and O–H groups in total. The molecule has 2 heterocycles. The van der Waals surface area contributed by atoms with Gasteiger partial charge in [0.15, 0.2) is 0 Å².